The van der Waals surface area contributed by atoms with Crippen molar-refractivity contribution in [3.63, 3.8) is 0 Å². The minimum atomic E-state index is -4.20. The molecule has 196 valence electrons. The van der Waals surface area contributed by atoms with Crippen LogP contribution in [0, 0.1) is 12.7 Å². The first-order valence-corrected chi connectivity index (χ1v) is 13.5. The van der Waals surface area contributed by atoms with Gasteiger partial charge in [-0.2, -0.15) is 0 Å². The highest BCUT2D eigenvalue weighted by Crippen LogP contribution is 2.47. The summed E-state index contributed by atoms with van der Waals surface area (Å²) in [6, 6.07) is 8.95. The summed E-state index contributed by atoms with van der Waals surface area (Å²) in [6.07, 6.45) is 2.98. The van der Waals surface area contributed by atoms with E-state index < -0.39 is 15.8 Å². The lowest BCUT2D eigenvalue weighted by molar-refractivity contribution is -0.114. The van der Waals surface area contributed by atoms with Crippen LogP contribution in [0.1, 0.15) is 18.2 Å². The third-order valence-electron chi connectivity index (χ3n) is 6.04. The van der Waals surface area contributed by atoms with Crippen LogP contribution in [0.2, 0.25) is 0 Å². The molecule has 0 unspecified atom stereocenters. The van der Waals surface area contributed by atoms with Gasteiger partial charge < -0.3 is 20.1 Å². The van der Waals surface area contributed by atoms with Crippen LogP contribution in [0.4, 0.5) is 15.2 Å². The molecule has 0 saturated heterocycles. The lowest BCUT2D eigenvalue weighted by Gasteiger charge is -2.22. The highest BCUT2D eigenvalue weighted by atomic mass is 32.2. The zero-order valence-electron chi connectivity index (χ0n) is 20.4. The van der Waals surface area contributed by atoms with Crippen molar-refractivity contribution in [2.75, 3.05) is 16.7 Å². The molecule has 0 bridgehead atoms. The van der Waals surface area contributed by atoms with Crippen molar-refractivity contribution >= 4 is 59.8 Å². The standard InChI is InChI=1S/C25H22FN5O5S2/c1-13-24(37-25(28-13)29-14(2)32)38(35,36)30(3)21-17-5-4-10-27-20(17)22(33)19-18(21)12-31(23(19)34)11-15-6-8-16(26)9-7-15/h4-10,12,33-34H,11H2,1-3H3,(H,28,29,32). The van der Waals surface area contributed by atoms with E-state index >= 15 is 0 Å². The van der Waals surface area contributed by atoms with Crippen LogP contribution in [0.5, 0.6) is 11.6 Å². The van der Waals surface area contributed by atoms with Gasteiger partial charge in [-0.1, -0.05) is 23.5 Å². The van der Waals surface area contributed by atoms with Gasteiger partial charge in [0.1, 0.15) is 11.3 Å². The van der Waals surface area contributed by atoms with Crippen molar-refractivity contribution in [3.05, 3.63) is 65.9 Å². The third kappa shape index (κ3) is 4.19. The number of aromatic hydroxyl groups is 2. The molecule has 3 aromatic heterocycles. The molecule has 13 heteroatoms. The minimum absolute atomic E-state index is 0.0234. The van der Waals surface area contributed by atoms with Gasteiger partial charge in [0.05, 0.1) is 23.3 Å². The molecule has 0 fully saturated rings. The molecule has 0 atom stereocenters. The molecule has 0 saturated carbocycles. The summed E-state index contributed by atoms with van der Waals surface area (Å²) < 4.78 is 43.5. The van der Waals surface area contributed by atoms with Gasteiger partial charge in [0.25, 0.3) is 10.0 Å². The summed E-state index contributed by atoms with van der Waals surface area (Å²) >= 11 is 0.820. The number of sulfonamides is 1. The number of phenols is 1. The smallest absolute Gasteiger partial charge is 0.275 e. The van der Waals surface area contributed by atoms with Crippen LogP contribution >= 0.6 is 11.3 Å². The van der Waals surface area contributed by atoms with Crippen LogP contribution in [0.25, 0.3) is 21.7 Å². The van der Waals surface area contributed by atoms with Gasteiger partial charge in [0, 0.05) is 37.1 Å². The van der Waals surface area contributed by atoms with Crippen molar-refractivity contribution in [3.8, 4) is 11.6 Å². The maximum absolute atomic E-state index is 13.8. The van der Waals surface area contributed by atoms with E-state index in [1.165, 1.54) is 50.0 Å². The average Bonchev–Trinajstić information content (AvgIpc) is 3.39. The molecule has 5 aromatic rings. The predicted molar refractivity (Wildman–Crippen MR) is 143 cm³/mol. The van der Waals surface area contributed by atoms with Crippen molar-refractivity contribution in [2.24, 2.45) is 0 Å². The van der Waals surface area contributed by atoms with Crippen molar-refractivity contribution in [1.82, 2.24) is 14.5 Å². The summed E-state index contributed by atoms with van der Waals surface area (Å²) in [7, 11) is -2.84. The maximum atomic E-state index is 13.8. The van der Waals surface area contributed by atoms with Gasteiger partial charge in [0.15, 0.2) is 15.1 Å². The van der Waals surface area contributed by atoms with Crippen molar-refractivity contribution in [2.45, 2.75) is 24.6 Å². The molecule has 1 amide bonds. The Bertz CT molecular complexity index is 1830. The molecule has 0 aliphatic rings. The molecule has 0 radical (unpaired) electrons. The fourth-order valence-electron chi connectivity index (χ4n) is 4.32. The van der Waals surface area contributed by atoms with Crippen molar-refractivity contribution in [1.29, 1.82) is 0 Å². The summed E-state index contributed by atoms with van der Waals surface area (Å²) in [4.78, 5) is 19.9. The molecule has 10 nitrogen and oxygen atoms in total. The van der Waals surface area contributed by atoms with Gasteiger partial charge in [-0.3, -0.25) is 14.1 Å². The average molecular weight is 556 g/mol. The number of benzene rings is 2. The van der Waals surface area contributed by atoms with Gasteiger partial charge in [0.2, 0.25) is 11.8 Å². The van der Waals surface area contributed by atoms with E-state index in [4.69, 9.17) is 0 Å². The van der Waals surface area contributed by atoms with E-state index in [-0.39, 0.29) is 61.1 Å². The lowest BCUT2D eigenvalue weighted by Crippen LogP contribution is -2.27. The van der Waals surface area contributed by atoms with Crippen LogP contribution in [-0.4, -0.2) is 46.1 Å². The highest BCUT2D eigenvalue weighted by Gasteiger charge is 2.32. The number of aromatic nitrogens is 3. The number of halogens is 1. The summed E-state index contributed by atoms with van der Waals surface area (Å²) in [5.41, 5.74) is 1.17. The van der Waals surface area contributed by atoms with E-state index in [0.29, 0.717) is 10.9 Å². The second-order valence-electron chi connectivity index (χ2n) is 8.64. The van der Waals surface area contributed by atoms with Gasteiger partial charge in [-0.25, -0.2) is 17.8 Å². The zero-order valence-corrected chi connectivity index (χ0v) is 22.1. The first-order valence-electron chi connectivity index (χ1n) is 11.3. The monoisotopic (exact) mass is 555 g/mol. The summed E-state index contributed by atoms with van der Waals surface area (Å²) in [5.74, 6) is -1.39. The molecule has 0 aliphatic carbocycles. The largest absolute Gasteiger partial charge is 0.505 e. The number of rotatable bonds is 6. The number of hydrogen-bond donors (Lipinski definition) is 3. The fourth-order valence-corrected chi connectivity index (χ4v) is 7.17. The molecule has 0 aliphatic heterocycles. The van der Waals surface area contributed by atoms with Gasteiger partial charge >= 0.3 is 0 Å². The number of hydrogen-bond acceptors (Lipinski definition) is 8. The Hall–Kier alpha value is -4.23. The second kappa shape index (κ2) is 9.26. The number of thiazole rings is 1. The number of fused-ring (bicyclic) bond motifs is 2. The first kappa shape index (κ1) is 25.4. The van der Waals surface area contributed by atoms with Gasteiger partial charge in [-0.15, -0.1) is 0 Å². The van der Waals surface area contributed by atoms with E-state index in [1.54, 1.807) is 24.3 Å². The number of carbonyl (C=O) groups excluding carboxylic acids is 1. The molecular weight excluding hydrogens is 533 g/mol. The summed E-state index contributed by atoms with van der Waals surface area (Å²) in [6.45, 7) is 2.96. The van der Waals surface area contributed by atoms with E-state index in [1.807, 2.05) is 0 Å². The molecule has 3 heterocycles. The van der Waals surface area contributed by atoms with E-state index in [9.17, 15) is 27.8 Å². The van der Waals surface area contributed by atoms with Crippen LogP contribution in [0.3, 0.4) is 0 Å². The van der Waals surface area contributed by atoms with Crippen LogP contribution in [-0.2, 0) is 21.4 Å². The SMILES string of the molecule is CC(=O)Nc1nc(C)c(S(=O)(=O)N(C)c2c3cccnc3c(O)c3c(O)n(Cc4ccc(F)cc4)cc23)s1. The zero-order chi connectivity index (χ0) is 27.4. The third-order valence-corrected chi connectivity index (χ3v) is 9.46. The number of aryl methyl sites for hydroxylation is 1. The summed E-state index contributed by atoms with van der Waals surface area (Å²) in [5, 5.41) is 25.4. The number of nitrogens with one attached hydrogen (secondary N) is 1. The molecule has 38 heavy (non-hydrogen) atoms. The number of nitrogens with zero attached hydrogens (tertiary/aromatic N) is 4. The van der Waals surface area contributed by atoms with E-state index in [2.05, 4.69) is 15.3 Å². The molecular formula is C25H22FN5O5S2. The molecule has 2 aromatic carbocycles. The molecule has 5 rings (SSSR count). The highest BCUT2D eigenvalue weighted by molar-refractivity contribution is 7.94. The number of amides is 1. The van der Waals surface area contributed by atoms with Gasteiger partial charge in [-0.05, 0) is 36.8 Å². The second-order valence-corrected chi connectivity index (χ2v) is 11.8. The quantitative estimate of drug-likeness (QED) is 0.283. The normalized spacial score (nSPS) is 11.8. The fraction of sp³-hybridized carbons (Fsp3) is 0.160. The Morgan fingerprint density at radius 1 is 1.18 bits per heavy atom. The number of carbonyl (C=O) groups is 1. The first-order chi connectivity index (χ1) is 18.0. The molecule has 3 N–H and O–H groups in total. The van der Waals surface area contributed by atoms with E-state index in [0.717, 1.165) is 15.6 Å². The number of anilines is 2. The topological polar surface area (TPSA) is 138 Å². The van der Waals surface area contributed by atoms with Crippen LogP contribution < -0.4 is 9.62 Å². The Labute approximate surface area is 220 Å². The minimum Gasteiger partial charge on any atom is -0.505 e. The van der Waals surface area contributed by atoms with Crippen molar-refractivity contribution < 1.29 is 27.8 Å². The Balaban J connectivity index is 1.72. The predicted octanol–water partition coefficient (Wildman–Crippen LogP) is 4.34. The lowest BCUT2D eigenvalue weighted by atomic mass is 10.1. The Morgan fingerprint density at radius 3 is 2.58 bits per heavy atom. The van der Waals surface area contributed by atoms with Crippen LogP contribution in [0.15, 0.2) is 53.0 Å². The molecule has 0 spiro atoms. The number of pyridine rings is 1. The Kier molecular flexibility index (Phi) is 6.19. The maximum Gasteiger partial charge on any atom is 0.275 e. The Morgan fingerprint density at radius 2 is 1.89 bits per heavy atom. The number of phenolic OH excluding ortho intramolecular Hbond substituents is 1.